The van der Waals surface area contributed by atoms with Crippen LogP contribution in [-0.2, 0) is 20.9 Å². The third-order valence-corrected chi connectivity index (χ3v) is 3.05. The third kappa shape index (κ3) is 7.13. The van der Waals surface area contributed by atoms with Gasteiger partial charge in [0.1, 0.15) is 0 Å². The zero-order valence-corrected chi connectivity index (χ0v) is 12.7. The van der Waals surface area contributed by atoms with Crippen molar-refractivity contribution >= 4 is 21.9 Å². The highest BCUT2D eigenvalue weighted by Gasteiger charge is 2.04. The molecule has 4 heteroatoms. The number of benzene rings is 1. The first-order valence-electron chi connectivity index (χ1n) is 6.38. The molecule has 0 heterocycles. The Bertz CT molecular complexity index is 401. The van der Waals surface area contributed by atoms with Gasteiger partial charge in [0.25, 0.3) is 0 Å². The average molecular weight is 327 g/mol. The molecule has 0 aliphatic heterocycles. The van der Waals surface area contributed by atoms with Crippen LogP contribution >= 0.6 is 15.9 Å². The molecular weight excluding hydrogens is 308 g/mol. The zero-order valence-electron chi connectivity index (χ0n) is 11.1. The molecule has 0 bridgehead atoms. The molecule has 1 aromatic rings. The van der Waals surface area contributed by atoms with E-state index in [1.165, 1.54) is 5.56 Å². The van der Waals surface area contributed by atoms with Gasteiger partial charge < -0.3 is 9.47 Å². The Balaban J connectivity index is 2.11. The van der Waals surface area contributed by atoms with E-state index < -0.39 is 0 Å². The Morgan fingerprint density at radius 1 is 1.32 bits per heavy atom. The Hall–Kier alpha value is -1.13. The lowest BCUT2D eigenvalue weighted by molar-refractivity contribution is -0.137. The number of ether oxygens (including phenoxy) is 2. The van der Waals surface area contributed by atoms with Crippen LogP contribution in [0.4, 0.5) is 0 Å². The van der Waals surface area contributed by atoms with E-state index in [-0.39, 0.29) is 5.97 Å². The lowest BCUT2D eigenvalue weighted by Crippen LogP contribution is -2.03. The summed E-state index contributed by atoms with van der Waals surface area (Å²) >= 11 is 3.20. The second kappa shape index (κ2) is 9.75. The first-order chi connectivity index (χ1) is 9.24. The highest BCUT2D eigenvalue weighted by Crippen LogP contribution is 2.10. The monoisotopic (exact) mass is 326 g/mol. The third-order valence-electron chi connectivity index (χ3n) is 2.40. The van der Waals surface area contributed by atoms with E-state index >= 15 is 0 Å². The summed E-state index contributed by atoms with van der Waals surface area (Å²) in [7, 11) is 0. The maximum atomic E-state index is 11.3. The summed E-state index contributed by atoms with van der Waals surface area (Å²) in [6.07, 6.45) is 3.49. The second-order valence-corrected chi connectivity index (χ2v) is 4.81. The first kappa shape index (κ1) is 15.9. The fourth-order valence-corrected chi connectivity index (χ4v) is 1.81. The smallest absolute Gasteiger partial charge is 0.344 e. The minimum Gasteiger partial charge on any atom is -0.462 e. The van der Waals surface area contributed by atoms with Gasteiger partial charge in [0.15, 0.2) is 0 Å². The highest BCUT2D eigenvalue weighted by molar-refractivity contribution is 9.12. The molecule has 104 valence electrons. The summed E-state index contributed by atoms with van der Waals surface area (Å²) in [6.45, 7) is 3.48. The number of esters is 1. The Kier molecular flexibility index (Phi) is 8.18. The van der Waals surface area contributed by atoms with Crippen molar-refractivity contribution in [3.63, 3.8) is 0 Å². The number of unbranched alkanes of at least 4 members (excludes halogenated alkanes) is 1. The maximum absolute atomic E-state index is 11.3. The normalized spacial score (nSPS) is 11.4. The van der Waals surface area contributed by atoms with Crippen molar-refractivity contribution in [2.75, 3.05) is 13.2 Å². The van der Waals surface area contributed by atoms with Gasteiger partial charge in [0, 0.05) is 6.61 Å². The molecular formula is C15H19BrO3. The molecule has 0 fully saturated rings. The van der Waals surface area contributed by atoms with Crippen molar-refractivity contribution in [1.82, 2.24) is 0 Å². The number of carbonyl (C=O) groups excluding carboxylic acids is 1. The van der Waals surface area contributed by atoms with Gasteiger partial charge in [-0.05, 0) is 41.3 Å². The molecule has 0 aliphatic carbocycles. The van der Waals surface area contributed by atoms with Crippen LogP contribution < -0.4 is 0 Å². The van der Waals surface area contributed by atoms with Crippen LogP contribution in [0, 0.1) is 0 Å². The number of hydrogen-bond acceptors (Lipinski definition) is 3. The Morgan fingerprint density at radius 3 is 2.74 bits per heavy atom. The highest BCUT2D eigenvalue weighted by atomic mass is 79.9. The molecule has 1 rings (SSSR count). The van der Waals surface area contributed by atoms with Crippen molar-refractivity contribution in [3.8, 4) is 0 Å². The van der Waals surface area contributed by atoms with Gasteiger partial charge in [-0.2, -0.15) is 0 Å². The van der Waals surface area contributed by atoms with E-state index in [2.05, 4.69) is 15.9 Å². The molecule has 0 radical (unpaired) electrons. The van der Waals surface area contributed by atoms with E-state index in [9.17, 15) is 4.79 Å². The topological polar surface area (TPSA) is 35.5 Å². The van der Waals surface area contributed by atoms with E-state index in [1.807, 2.05) is 36.4 Å². The zero-order chi connectivity index (χ0) is 13.9. The molecule has 0 atom stereocenters. The number of carbonyl (C=O) groups is 1. The molecule has 1 aromatic carbocycles. The Labute approximate surface area is 122 Å². The maximum Gasteiger partial charge on any atom is 0.344 e. The van der Waals surface area contributed by atoms with Crippen LogP contribution in [0.25, 0.3) is 0 Å². The van der Waals surface area contributed by atoms with Crippen LogP contribution in [-0.4, -0.2) is 19.2 Å². The minimum atomic E-state index is -0.312. The van der Waals surface area contributed by atoms with Gasteiger partial charge in [-0.15, -0.1) is 0 Å². The van der Waals surface area contributed by atoms with Gasteiger partial charge in [-0.3, -0.25) is 0 Å². The van der Waals surface area contributed by atoms with Crippen molar-refractivity contribution in [2.24, 2.45) is 0 Å². The lowest BCUT2D eigenvalue weighted by atomic mass is 10.2. The van der Waals surface area contributed by atoms with Gasteiger partial charge in [-0.25, -0.2) is 4.79 Å². The molecule has 0 aliphatic rings. The van der Waals surface area contributed by atoms with Crippen LogP contribution in [0.2, 0.25) is 0 Å². The number of allylic oxidation sites excluding steroid dienone is 1. The lowest BCUT2D eigenvalue weighted by Gasteiger charge is -2.03. The number of halogens is 1. The number of rotatable bonds is 8. The predicted octanol–water partition coefficient (Wildman–Crippen LogP) is 3.83. The summed E-state index contributed by atoms with van der Waals surface area (Å²) in [4.78, 5) is 11.3. The standard InChI is InChI=1S/C15H19BrO3/c1-2-19-15(17)14(16)10-6-7-11-18-12-13-8-4-3-5-9-13/h3-5,8-10H,2,6-7,11-12H2,1H3/b14-10-. The van der Waals surface area contributed by atoms with Crippen molar-refractivity contribution in [1.29, 1.82) is 0 Å². The summed E-state index contributed by atoms with van der Waals surface area (Å²) in [5, 5.41) is 0. The fourth-order valence-electron chi connectivity index (χ4n) is 1.46. The fraction of sp³-hybridized carbons (Fsp3) is 0.400. The van der Waals surface area contributed by atoms with E-state index in [1.54, 1.807) is 6.92 Å². The van der Waals surface area contributed by atoms with Gasteiger partial charge in [0.05, 0.1) is 17.7 Å². The van der Waals surface area contributed by atoms with Gasteiger partial charge in [0.2, 0.25) is 0 Å². The molecule has 0 spiro atoms. The minimum absolute atomic E-state index is 0.312. The van der Waals surface area contributed by atoms with Crippen molar-refractivity contribution < 1.29 is 14.3 Å². The summed E-state index contributed by atoms with van der Waals surface area (Å²) < 4.78 is 10.9. The Morgan fingerprint density at radius 2 is 2.05 bits per heavy atom. The molecule has 0 amide bonds. The molecule has 19 heavy (non-hydrogen) atoms. The number of hydrogen-bond donors (Lipinski definition) is 0. The molecule has 0 saturated carbocycles. The van der Waals surface area contributed by atoms with Gasteiger partial charge in [-0.1, -0.05) is 36.4 Å². The van der Waals surface area contributed by atoms with Crippen molar-refractivity contribution in [3.05, 3.63) is 46.5 Å². The summed E-state index contributed by atoms with van der Waals surface area (Å²) in [6, 6.07) is 10.1. The van der Waals surface area contributed by atoms with Crippen molar-refractivity contribution in [2.45, 2.75) is 26.4 Å². The second-order valence-electron chi connectivity index (χ2n) is 3.95. The first-order valence-corrected chi connectivity index (χ1v) is 7.17. The molecule has 0 saturated heterocycles. The van der Waals surface area contributed by atoms with Crippen LogP contribution in [0.3, 0.4) is 0 Å². The van der Waals surface area contributed by atoms with Crippen LogP contribution in [0.1, 0.15) is 25.3 Å². The molecule has 0 unspecified atom stereocenters. The van der Waals surface area contributed by atoms with Crippen LogP contribution in [0.15, 0.2) is 40.9 Å². The van der Waals surface area contributed by atoms with E-state index in [0.717, 1.165) is 12.8 Å². The quantitative estimate of drug-likeness (QED) is 0.414. The molecule has 3 nitrogen and oxygen atoms in total. The van der Waals surface area contributed by atoms with E-state index in [0.29, 0.717) is 24.3 Å². The largest absolute Gasteiger partial charge is 0.462 e. The molecule has 0 aromatic heterocycles. The average Bonchev–Trinajstić information content (AvgIpc) is 2.43. The molecule has 0 N–H and O–H groups in total. The SMILES string of the molecule is CCOC(=O)/C(Br)=C/CCCOCc1ccccc1. The van der Waals surface area contributed by atoms with Crippen LogP contribution in [0.5, 0.6) is 0 Å². The summed E-state index contributed by atoms with van der Waals surface area (Å²) in [5.74, 6) is -0.312. The van der Waals surface area contributed by atoms with E-state index in [4.69, 9.17) is 9.47 Å². The summed E-state index contributed by atoms with van der Waals surface area (Å²) in [5.41, 5.74) is 1.17. The van der Waals surface area contributed by atoms with Gasteiger partial charge >= 0.3 is 5.97 Å². The predicted molar refractivity (Wildman–Crippen MR) is 79.0 cm³/mol.